The van der Waals surface area contributed by atoms with Gasteiger partial charge >= 0.3 is 12.1 Å². The Morgan fingerprint density at radius 1 is 1.42 bits per heavy atom. The number of nitrogens with zero attached hydrogens (tertiary/aromatic N) is 3. The van der Waals surface area contributed by atoms with Gasteiger partial charge in [0.05, 0.1) is 0 Å². The molecule has 9 heteroatoms. The lowest BCUT2D eigenvalue weighted by Gasteiger charge is -2.24. The molecule has 0 radical (unpaired) electrons. The second-order valence-electron chi connectivity index (χ2n) is 6.10. The van der Waals surface area contributed by atoms with Crippen LogP contribution >= 0.6 is 0 Å². The van der Waals surface area contributed by atoms with Gasteiger partial charge in [-0.3, -0.25) is 14.7 Å². The van der Waals surface area contributed by atoms with Gasteiger partial charge in [-0.05, 0) is 18.1 Å². The van der Waals surface area contributed by atoms with Crippen molar-refractivity contribution >= 4 is 11.9 Å². The summed E-state index contributed by atoms with van der Waals surface area (Å²) in [5, 5.41) is 7.12. The molecule has 0 spiro atoms. The third kappa shape index (κ3) is 4.81. The highest BCUT2D eigenvalue weighted by Gasteiger charge is 2.45. The minimum atomic E-state index is -5.08. The first-order valence-corrected chi connectivity index (χ1v) is 8.07. The fraction of sp³-hybridized carbons (Fsp3) is 0.471. The predicted molar refractivity (Wildman–Crippen MR) is 87.1 cm³/mol. The van der Waals surface area contributed by atoms with Crippen LogP contribution in [0.15, 0.2) is 37.2 Å². The molecule has 2 aliphatic rings. The molecule has 1 aromatic rings. The third-order valence-electron chi connectivity index (χ3n) is 4.41. The smallest absolute Gasteiger partial charge is 0.475 e. The molecule has 0 unspecified atom stereocenters. The molecule has 3 rings (SSSR count). The molecule has 26 heavy (non-hydrogen) atoms. The van der Waals surface area contributed by atoms with Crippen LogP contribution < -0.4 is 0 Å². The summed E-state index contributed by atoms with van der Waals surface area (Å²) < 4.78 is 31.7. The maximum Gasteiger partial charge on any atom is 0.490 e. The lowest BCUT2D eigenvalue weighted by Crippen LogP contribution is -2.37. The van der Waals surface area contributed by atoms with Crippen molar-refractivity contribution in [3.63, 3.8) is 0 Å². The van der Waals surface area contributed by atoms with Crippen LogP contribution in [0.2, 0.25) is 0 Å². The number of fused-ring (bicyclic) bond motifs is 1. The van der Waals surface area contributed by atoms with Crippen LogP contribution in [-0.4, -0.2) is 63.1 Å². The molecule has 0 saturated carbocycles. The molecule has 142 valence electrons. The lowest BCUT2D eigenvalue weighted by molar-refractivity contribution is -0.192. The molecule has 2 aliphatic heterocycles. The number of halogens is 3. The van der Waals surface area contributed by atoms with Crippen LogP contribution in [0.5, 0.6) is 0 Å². The monoisotopic (exact) mass is 371 g/mol. The number of rotatable bonds is 4. The number of likely N-dealkylation sites (tertiary alicyclic amines) is 2. The number of hydrogen-bond donors (Lipinski definition) is 1. The fourth-order valence-corrected chi connectivity index (χ4v) is 3.31. The van der Waals surface area contributed by atoms with Crippen molar-refractivity contribution < 1.29 is 27.9 Å². The first-order chi connectivity index (χ1) is 12.2. The van der Waals surface area contributed by atoms with Gasteiger partial charge in [-0.25, -0.2) is 4.79 Å². The summed E-state index contributed by atoms with van der Waals surface area (Å²) in [6.07, 6.45) is 2.17. The summed E-state index contributed by atoms with van der Waals surface area (Å²) in [6.45, 7) is 6.38. The van der Waals surface area contributed by atoms with E-state index in [4.69, 9.17) is 9.90 Å². The van der Waals surface area contributed by atoms with E-state index in [0.29, 0.717) is 25.0 Å². The van der Waals surface area contributed by atoms with Gasteiger partial charge in [0.1, 0.15) is 0 Å². The normalized spacial score (nSPS) is 22.6. The summed E-state index contributed by atoms with van der Waals surface area (Å²) >= 11 is 0. The maximum absolute atomic E-state index is 12.0. The Kier molecular flexibility index (Phi) is 6.36. The Balaban J connectivity index is 0.000000298. The zero-order chi connectivity index (χ0) is 19.3. The number of amides is 1. The maximum atomic E-state index is 12.0. The average molecular weight is 371 g/mol. The van der Waals surface area contributed by atoms with Crippen molar-refractivity contribution in [2.75, 3.05) is 13.1 Å². The van der Waals surface area contributed by atoms with Gasteiger partial charge in [-0.1, -0.05) is 12.1 Å². The molecule has 1 aromatic heterocycles. The van der Waals surface area contributed by atoms with Crippen LogP contribution in [0.3, 0.4) is 0 Å². The number of carboxylic acids is 1. The van der Waals surface area contributed by atoms with Gasteiger partial charge in [0.15, 0.2) is 0 Å². The molecular weight excluding hydrogens is 351 g/mol. The van der Waals surface area contributed by atoms with E-state index in [1.807, 2.05) is 23.2 Å². The number of alkyl halides is 3. The second kappa shape index (κ2) is 8.31. The number of carbonyl (C=O) groups is 2. The number of carbonyl (C=O) groups excluding carboxylic acids is 1. The van der Waals surface area contributed by atoms with Crippen molar-refractivity contribution in [3.05, 3.63) is 42.7 Å². The zero-order valence-corrected chi connectivity index (χ0v) is 14.0. The fourth-order valence-electron chi connectivity index (χ4n) is 3.31. The Hall–Kier alpha value is -2.42. The molecule has 2 atom stereocenters. The van der Waals surface area contributed by atoms with Crippen molar-refractivity contribution in [3.8, 4) is 0 Å². The molecule has 2 saturated heterocycles. The summed E-state index contributed by atoms with van der Waals surface area (Å²) in [5.41, 5.74) is 1.22. The first-order valence-electron chi connectivity index (χ1n) is 8.07. The Morgan fingerprint density at radius 2 is 2.12 bits per heavy atom. The molecule has 3 heterocycles. The van der Waals surface area contributed by atoms with Crippen LogP contribution in [0.25, 0.3) is 0 Å². The number of aliphatic carboxylic acids is 1. The molecule has 0 aliphatic carbocycles. The van der Waals surface area contributed by atoms with Crippen LogP contribution in [0.1, 0.15) is 18.4 Å². The topological polar surface area (TPSA) is 73.7 Å². The van der Waals surface area contributed by atoms with E-state index in [2.05, 4.69) is 22.5 Å². The van der Waals surface area contributed by atoms with Gasteiger partial charge in [0, 0.05) is 50.5 Å². The molecular formula is C17H20F3N3O3. The minimum absolute atomic E-state index is 0.269. The molecule has 1 N–H and O–H groups in total. The summed E-state index contributed by atoms with van der Waals surface area (Å²) in [5.74, 6) is -2.49. The zero-order valence-electron chi connectivity index (χ0n) is 14.0. The Labute approximate surface area is 148 Å². The van der Waals surface area contributed by atoms with E-state index in [-0.39, 0.29) is 5.91 Å². The summed E-state index contributed by atoms with van der Waals surface area (Å²) in [7, 11) is 0. The Morgan fingerprint density at radius 3 is 2.65 bits per heavy atom. The summed E-state index contributed by atoms with van der Waals surface area (Å²) in [4.78, 5) is 29.5. The first kappa shape index (κ1) is 19.9. The SMILES string of the molecule is C=CCN1C(=O)C[C@@H]2[C@@H]1CCN2Cc1cccnc1.O=C(O)C(F)(F)F. The third-order valence-corrected chi connectivity index (χ3v) is 4.41. The van der Waals surface area contributed by atoms with E-state index >= 15 is 0 Å². The number of carboxylic acid groups (broad SMARTS) is 1. The van der Waals surface area contributed by atoms with E-state index in [1.54, 1.807) is 6.20 Å². The molecule has 0 bridgehead atoms. The van der Waals surface area contributed by atoms with Crippen molar-refractivity contribution in [2.45, 2.75) is 37.6 Å². The molecule has 2 fully saturated rings. The predicted octanol–water partition coefficient (Wildman–Crippen LogP) is 2.08. The summed E-state index contributed by atoms with van der Waals surface area (Å²) in [6, 6.07) is 4.81. The van der Waals surface area contributed by atoms with Crippen LogP contribution in [0, 0.1) is 0 Å². The van der Waals surface area contributed by atoms with E-state index in [0.717, 1.165) is 19.5 Å². The van der Waals surface area contributed by atoms with Gasteiger partial charge in [0.2, 0.25) is 5.91 Å². The Bertz CT molecular complexity index is 652. The highest BCUT2D eigenvalue weighted by molar-refractivity contribution is 5.80. The van der Waals surface area contributed by atoms with Crippen molar-refractivity contribution in [1.82, 2.24) is 14.8 Å². The number of aromatic nitrogens is 1. The van der Waals surface area contributed by atoms with Crippen LogP contribution in [0.4, 0.5) is 13.2 Å². The molecule has 1 amide bonds. The van der Waals surface area contributed by atoms with Gasteiger partial charge in [-0.15, -0.1) is 6.58 Å². The largest absolute Gasteiger partial charge is 0.490 e. The van der Waals surface area contributed by atoms with Crippen molar-refractivity contribution in [1.29, 1.82) is 0 Å². The lowest BCUT2D eigenvalue weighted by atomic mass is 10.1. The minimum Gasteiger partial charge on any atom is -0.475 e. The van der Waals surface area contributed by atoms with Crippen LogP contribution in [-0.2, 0) is 16.1 Å². The average Bonchev–Trinajstić information content (AvgIpc) is 3.09. The quantitative estimate of drug-likeness (QED) is 0.821. The van der Waals surface area contributed by atoms with E-state index < -0.39 is 12.1 Å². The van der Waals surface area contributed by atoms with E-state index in [1.165, 1.54) is 5.56 Å². The van der Waals surface area contributed by atoms with Gasteiger partial charge < -0.3 is 10.0 Å². The van der Waals surface area contributed by atoms with Gasteiger partial charge in [-0.2, -0.15) is 13.2 Å². The second-order valence-corrected chi connectivity index (χ2v) is 6.10. The molecule has 0 aromatic carbocycles. The standard InChI is InChI=1S/C15H19N3O.C2HF3O2/c1-2-7-18-13-5-8-17(14(13)9-15(18)19)11-12-4-3-6-16-10-12;3-2(4,5)1(6)7/h2-4,6,10,13-14H,1,5,7-9,11H2;(H,6,7)/t13-,14+;/m0./s1. The molecule has 6 nitrogen and oxygen atoms in total. The highest BCUT2D eigenvalue weighted by Crippen LogP contribution is 2.33. The van der Waals surface area contributed by atoms with Gasteiger partial charge in [0.25, 0.3) is 0 Å². The number of pyridine rings is 1. The van der Waals surface area contributed by atoms with Crippen molar-refractivity contribution in [2.24, 2.45) is 0 Å². The highest BCUT2D eigenvalue weighted by atomic mass is 19.4. The van der Waals surface area contributed by atoms with E-state index in [9.17, 15) is 18.0 Å². The number of hydrogen-bond acceptors (Lipinski definition) is 4.